The Morgan fingerprint density at radius 2 is 2.08 bits per heavy atom. The molecule has 0 bridgehead atoms. The molecule has 1 N–H and O–H groups in total. The summed E-state index contributed by atoms with van der Waals surface area (Å²) in [5, 5.41) is 10.2. The fourth-order valence-corrected chi connectivity index (χ4v) is 3.09. The Morgan fingerprint density at radius 3 is 2.88 bits per heavy atom. The first-order valence-corrected chi connectivity index (χ1v) is 8.28. The van der Waals surface area contributed by atoms with E-state index in [4.69, 9.17) is 4.74 Å². The number of hydrogen-bond donors (Lipinski definition) is 1. The number of halogens is 1. The van der Waals surface area contributed by atoms with Gasteiger partial charge in [-0.2, -0.15) is 0 Å². The molecule has 24 heavy (non-hydrogen) atoms. The Bertz CT molecular complexity index is 702. The molecule has 0 saturated heterocycles. The number of fused-ring (bicyclic) bond motifs is 1. The quantitative estimate of drug-likeness (QED) is 0.879. The molecule has 1 unspecified atom stereocenters. The van der Waals surface area contributed by atoms with Crippen molar-refractivity contribution in [2.75, 3.05) is 19.7 Å². The van der Waals surface area contributed by atoms with Crippen molar-refractivity contribution in [3.8, 4) is 0 Å². The molecular formula is C18H24FN3O2. The topological polar surface area (TPSA) is 50.5 Å². The normalized spacial score (nSPS) is 16.2. The number of aromatic nitrogens is 2. The minimum atomic E-state index is -0.597. The second-order valence-corrected chi connectivity index (χ2v) is 6.35. The van der Waals surface area contributed by atoms with Crippen molar-refractivity contribution in [3.05, 3.63) is 52.9 Å². The number of hydrogen-bond acceptors (Lipinski definition) is 4. The van der Waals surface area contributed by atoms with E-state index in [1.165, 1.54) is 11.8 Å². The highest BCUT2D eigenvalue weighted by atomic mass is 19.1. The van der Waals surface area contributed by atoms with Crippen molar-refractivity contribution in [2.45, 2.75) is 39.6 Å². The number of benzene rings is 1. The van der Waals surface area contributed by atoms with Gasteiger partial charge in [-0.25, -0.2) is 9.37 Å². The second-order valence-electron chi connectivity index (χ2n) is 6.35. The number of nitrogens with zero attached hydrogens (tertiary/aromatic N) is 3. The van der Waals surface area contributed by atoms with E-state index >= 15 is 0 Å². The van der Waals surface area contributed by atoms with E-state index in [2.05, 4.69) is 21.4 Å². The number of imidazole rings is 1. The second kappa shape index (κ2) is 7.42. The van der Waals surface area contributed by atoms with Gasteiger partial charge < -0.3 is 14.4 Å². The summed E-state index contributed by atoms with van der Waals surface area (Å²) < 4.78 is 21.2. The maximum Gasteiger partial charge on any atom is 0.128 e. The summed E-state index contributed by atoms with van der Waals surface area (Å²) in [6.07, 6.45) is -0.597. The summed E-state index contributed by atoms with van der Waals surface area (Å²) in [5.41, 5.74) is 2.80. The van der Waals surface area contributed by atoms with Crippen molar-refractivity contribution < 1.29 is 14.2 Å². The Labute approximate surface area is 141 Å². The van der Waals surface area contributed by atoms with Crippen LogP contribution in [0.2, 0.25) is 0 Å². The number of rotatable bonds is 6. The van der Waals surface area contributed by atoms with Crippen LogP contribution in [0.25, 0.3) is 0 Å². The first-order chi connectivity index (χ1) is 11.5. The number of aliphatic hydroxyl groups excluding tert-OH is 1. The Morgan fingerprint density at radius 1 is 1.29 bits per heavy atom. The van der Waals surface area contributed by atoms with E-state index in [0.717, 1.165) is 31.2 Å². The van der Waals surface area contributed by atoms with Crippen LogP contribution in [-0.2, 0) is 24.4 Å². The van der Waals surface area contributed by atoms with Gasteiger partial charge in [0.15, 0.2) is 0 Å². The largest absolute Gasteiger partial charge is 0.389 e. The summed E-state index contributed by atoms with van der Waals surface area (Å²) in [4.78, 5) is 6.77. The van der Waals surface area contributed by atoms with Gasteiger partial charge in [-0.3, -0.25) is 4.90 Å². The summed E-state index contributed by atoms with van der Waals surface area (Å²) in [6, 6.07) is 6.53. The summed E-state index contributed by atoms with van der Waals surface area (Å²) in [5.74, 6) is 0.774. The summed E-state index contributed by atoms with van der Waals surface area (Å²) in [6.45, 7) is 7.52. The lowest BCUT2D eigenvalue weighted by atomic mass is 10.2. The zero-order chi connectivity index (χ0) is 17.1. The molecule has 0 saturated carbocycles. The molecule has 5 nitrogen and oxygen atoms in total. The molecule has 2 heterocycles. The standard InChI is InChI=1S/C18H24FN3O2/c1-13-14(2)22-8-7-21(10-18(22)20-13)9-16(23)12-24-11-15-5-3-4-6-17(15)19/h3-6,16,23H,7-12H2,1-2H3. The third kappa shape index (κ3) is 3.83. The molecule has 0 spiro atoms. The van der Waals surface area contributed by atoms with E-state index in [9.17, 15) is 9.50 Å². The van der Waals surface area contributed by atoms with Gasteiger partial charge in [-0.1, -0.05) is 18.2 Å². The number of ether oxygens (including phenoxy) is 1. The van der Waals surface area contributed by atoms with Crippen molar-refractivity contribution in [1.29, 1.82) is 0 Å². The molecule has 0 fully saturated rings. The molecule has 0 amide bonds. The molecule has 1 aliphatic rings. The maximum atomic E-state index is 13.5. The van der Waals surface area contributed by atoms with Crippen molar-refractivity contribution in [3.63, 3.8) is 0 Å². The van der Waals surface area contributed by atoms with Crippen molar-refractivity contribution >= 4 is 0 Å². The molecule has 0 aliphatic carbocycles. The Balaban J connectivity index is 1.46. The van der Waals surface area contributed by atoms with Gasteiger partial charge in [-0.05, 0) is 19.9 Å². The van der Waals surface area contributed by atoms with E-state index in [-0.39, 0.29) is 19.0 Å². The lowest BCUT2D eigenvalue weighted by Gasteiger charge is -2.29. The van der Waals surface area contributed by atoms with Crippen LogP contribution in [0.3, 0.4) is 0 Å². The van der Waals surface area contributed by atoms with Crippen LogP contribution in [0.4, 0.5) is 4.39 Å². The molecule has 6 heteroatoms. The maximum absolute atomic E-state index is 13.5. The lowest BCUT2D eigenvalue weighted by molar-refractivity contribution is 0.00466. The number of aliphatic hydroxyl groups is 1. The molecule has 1 aromatic carbocycles. The minimum absolute atomic E-state index is 0.173. The van der Waals surface area contributed by atoms with Crippen LogP contribution in [0.1, 0.15) is 22.8 Å². The van der Waals surface area contributed by atoms with Gasteiger partial charge in [0.05, 0.1) is 31.6 Å². The van der Waals surface area contributed by atoms with Gasteiger partial charge in [0.2, 0.25) is 0 Å². The van der Waals surface area contributed by atoms with Crippen LogP contribution in [0, 0.1) is 19.7 Å². The van der Waals surface area contributed by atoms with E-state index in [1.807, 2.05) is 6.92 Å². The monoisotopic (exact) mass is 333 g/mol. The fraction of sp³-hybridized carbons (Fsp3) is 0.500. The van der Waals surface area contributed by atoms with Gasteiger partial charge >= 0.3 is 0 Å². The highest BCUT2D eigenvalue weighted by Crippen LogP contribution is 2.17. The van der Waals surface area contributed by atoms with Crippen LogP contribution in [-0.4, -0.2) is 45.4 Å². The van der Waals surface area contributed by atoms with E-state index in [1.54, 1.807) is 18.2 Å². The number of aryl methyl sites for hydroxylation is 1. The van der Waals surface area contributed by atoms with E-state index < -0.39 is 6.10 Å². The third-order valence-electron chi connectivity index (χ3n) is 4.54. The lowest BCUT2D eigenvalue weighted by Crippen LogP contribution is -2.40. The Kier molecular flexibility index (Phi) is 5.28. The van der Waals surface area contributed by atoms with Crippen LogP contribution < -0.4 is 0 Å². The minimum Gasteiger partial charge on any atom is -0.389 e. The Hall–Kier alpha value is -1.76. The zero-order valence-corrected chi connectivity index (χ0v) is 14.2. The van der Waals surface area contributed by atoms with Crippen LogP contribution in [0.15, 0.2) is 24.3 Å². The highest BCUT2D eigenvalue weighted by Gasteiger charge is 2.22. The van der Waals surface area contributed by atoms with Gasteiger partial charge in [0.1, 0.15) is 11.6 Å². The SMILES string of the molecule is Cc1nc2n(c1C)CCN(CC(O)COCc1ccccc1F)C2. The van der Waals surface area contributed by atoms with Crippen LogP contribution >= 0.6 is 0 Å². The summed E-state index contributed by atoms with van der Waals surface area (Å²) >= 11 is 0. The molecule has 1 aliphatic heterocycles. The van der Waals surface area contributed by atoms with Gasteiger partial charge in [0.25, 0.3) is 0 Å². The molecular weight excluding hydrogens is 309 g/mol. The molecule has 1 aromatic heterocycles. The first kappa shape index (κ1) is 17.1. The number of β-amino-alcohol motifs (C(OH)–C–C–N with tert-alkyl or cyclic N) is 1. The van der Waals surface area contributed by atoms with E-state index in [0.29, 0.717) is 12.1 Å². The molecule has 0 radical (unpaired) electrons. The first-order valence-electron chi connectivity index (χ1n) is 8.28. The average molecular weight is 333 g/mol. The molecule has 130 valence electrons. The molecule has 1 atom stereocenters. The smallest absolute Gasteiger partial charge is 0.128 e. The van der Waals surface area contributed by atoms with Gasteiger partial charge in [0, 0.05) is 30.9 Å². The average Bonchev–Trinajstić information content (AvgIpc) is 2.83. The third-order valence-corrected chi connectivity index (χ3v) is 4.54. The van der Waals surface area contributed by atoms with Gasteiger partial charge in [-0.15, -0.1) is 0 Å². The zero-order valence-electron chi connectivity index (χ0n) is 14.2. The molecule has 2 aromatic rings. The summed E-state index contributed by atoms with van der Waals surface area (Å²) in [7, 11) is 0. The predicted octanol–water partition coefficient (Wildman–Crippen LogP) is 2.03. The fourth-order valence-electron chi connectivity index (χ4n) is 3.09. The van der Waals surface area contributed by atoms with Crippen molar-refractivity contribution in [1.82, 2.24) is 14.5 Å². The van der Waals surface area contributed by atoms with Crippen molar-refractivity contribution in [2.24, 2.45) is 0 Å². The molecule has 3 rings (SSSR count). The predicted molar refractivity (Wildman–Crippen MR) is 89.0 cm³/mol. The van der Waals surface area contributed by atoms with Crippen LogP contribution in [0.5, 0.6) is 0 Å². The highest BCUT2D eigenvalue weighted by molar-refractivity contribution is 5.16.